The molecule has 1 atom stereocenters. The lowest BCUT2D eigenvalue weighted by atomic mass is 10.1. The summed E-state index contributed by atoms with van der Waals surface area (Å²) in [6, 6.07) is 15.1. The van der Waals surface area contributed by atoms with E-state index >= 15 is 0 Å². The minimum absolute atomic E-state index is 0.0653. The van der Waals surface area contributed by atoms with E-state index in [1.54, 1.807) is 4.90 Å². The number of hydrogen-bond acceptors (Lipinski definition) is 3. The van der Waals surface area contributed by atoms with E-state index in [-0.39, 0.29) is 30.7 Å². The first-order chi connectivity index (χ1) is 12.6. The number of nitrogens with zero attached hydrogens (tertiary/aromatic N) is 1. The zero-order chi connectivity index (χ0) is 18.5. The van der Waals surface area contributed by atoms with Gasteiger partial charge in [-0.25, -0.2) is 0 Å². The molecule has 1 N–H and O–H groups in total. The first-order valence-corrected chi connectivity index (χ1v) is 9.41. The van der Waals surface area contributed by atoms with Crippen LogP contribution in [0, 0.1) is 0 Å². The maximum absolute atomic E-state index is 12.6. The van der Waals surface area contributed by atoms with Crippen molar-refractivity contribution in [1.82, 2.24) is 5.32 Å². The van der Waals surface area contributed by atoms with Gasteiger partial charge < -0.3 is 15.0 Å². The Kier molecular flexibility index (Phi) is 5.93. The molecule has 0 spiro atoms. The number of carbonyl (C=O) groups excluding carboxylic acids is 2. The molecule has 1 aliphatic heterocycles. The van der Waals surface area contributed by atoms with Gasteiger partial charge in [0.25, 0.3) is 0 Å². The number of nitrogens with one attached hydrogen (secondary N) is 1. The van der Waals surface area contributed by atoms with Gasteiger partial charge in [0, 0.05) is 17.3 Å². The number of rotatable bonds is 5. The van der Waals surface area contributed by atoms with Crippen molar-refractivity contribution in [3.05, 3.63) is 58.6 Å². The van der Waals surface area contributed by atoms with Crippen LogP contribution < -0.4 is 15.0 Å². The zero-order valence-corrected chi connectivity index (χ0v) is 16.2. The molecule has 0 bridgehead atoms. The summed E-state index contributed by atoms with van der Waals surface area (Å²) in [4.78, 5) is 26.5. The molecule has 1 heterocycles. The molecule has 2 amide bonds. The first kappa shape index (κ1) is 18.5. The van der Waals surface area contributed by atoms with Gasteiger partial charge in [0.15, 0.2) is 0 Å². The Bertz CT molecular complexity index is 809. The number of amides is 2. The molecular weight excluding hydrogens is 396 g/mol. The molecule has 1 aliphatic rings. The third-order valence-electron chi connectivity index (χ3n) is 4.34. The Morgan fingerprint density at radius 2 is 1.88 bits per heavy atom. The number of ether oxygens (including phenoxy) is 1. The van der Waals surface area contributed by atoms with Crippen molar-refractivity contribution in [1.29, 1.82) is 0 Å². The van der Waals surface area contributed by atoms with E-state index in [0.29, 0.717) is 18.9 Å². The number of para-hydroxylation sites is 2. The molecule has 1 unspecified atom stereocenters. The summed E-state index contributed by atoms with van der Waals surface area (Å²) in [6.45, 7) is 2.90. The van der Waals surface area contributed by atoms with Gasteiger partial charge >= 0.3 is 0 Å². The molecule has 136 valence electrons. The minimum Gasteiger partial charge on any atom is -0.490 e. The topological polar surface area (TPSA) is 58.6 Å². The number of fused-ring (bicyclic) bond motifs is 1. The van der Waals surface area contributed by atoms with Gasteiger partial charge in [-0.15, -0.1) is 0 Å². The van der Waals surface area contributed by atoms with Crippen LogP contribution in [-0.2, 0) is 9.59 Å². The van der Waals surface area contributed by atoms with Gasteiger partial charge in [-0.3, -0.25) is 9.59 Å². The number of halogens is 1. The molecular formula is C20H21BrN2O3. The Labute approximate surface area is 161 Å². The maximum atomic E-state index is 12.6. The highest BCUT2D eigenvalue weighted by molar-refractivity contribution is 9.10. The molecule has 2 aromatic rings. The van der Waals surface area contributed by atoms with Crippen LogP contribution in [0.4, 0.5) is 5.69 Å². The molecule has 26 heavy (non-hydrogen) atoms. The summed E-state index contributed by atoms with van der Waals surface area (Å²) in [5, 5.41) is 2.95. The van der Waals surface area contributed by atoms with E-state index in [9.17, 15) is 9.59 Å². The van der Waals surface area contributed by atoms with E-state index in [2.05, 4.69) is 21.2 Å². The van der Waals surface area contributed by atoms with Crippen molar-refractivity contribution in [2.45, 2.75) is 25.8 Å². The predicted octanol–water partition coefficient (Wildman–Crippen LogP) is 3.83. The van der Waals surface area contributed by atoms with Crippen LogP contribution in [0.1, 0.15) is 31.4 Å². The molecule has 0 radical (unpaired) electrons. The predicted molar refractivity (Wildman–Crippen MR) is 104 cm³/mol. The SMILES string of the molecule is CC(NC(=O)CCC(=O)N1CCOc2ccccc21)c1ccccc1Br. The van der Waals surface area contributed by atoms with Crippen LogP contribution in [0.25, 0.3) is 0 Å². The quantitative estimate of drug-likeness (QED) is 0.805. The van der Waals surface area contributed by atoms with Crippen molar-refractivity contribution in [2.75, 3.05) is 18.1 Å². The lowest BCUT2D eigenvalue weighted by Crippen LogP contribution is -2.38. The van der Waals surface area contributed by atoms with E-state index in [1.807, 2.05) is 55.5 Å². The van der Waals surface area contributed by atoms with Crippen molar-refractivity contribution in [3.63, 3.8) is 0 Å². The molecule has 0 aliphatic carbocycles. The molecule has 2 aromatic carbocycles. The minimum atomic E-state index is -0.136. The summed E-state index contributed by atoms with van der Waals surface area (Å²) < 4.78 is 6.52. The van der Waals surface area contributed by atoms with Crippen molar-refractivity contribution < 1.29 is 14.3 Å². The molecule has 0 saturated heterocycles. The second kappa shape index (κ2) is 8.36. The maximum Gasteiger partial charge on any atom is 0.227 e. The van der Waals surface area contributed by atoms with E-state index in [1.165, 1.54) is 0 Å². The number of anilines is 1. The summed E-state index contributed by atoms with van der Waals surface area (Å²) in [5.41, 5.74) is 1.78. The largest absolute Gasteiger partial charge is 0.490 e. The molecule has 5 nitrogen and oxygen atoms in total. The number of benzene rings is 2. The average molecular weight is 417 g/mol. The van der Waals surface area contributed by atoms with Gasteiger partial charge in [0.2, 0.25) is 11.8 Å². The Hall–Kier alpha value is -2.34. The summed E-state index contributed by atoms with van der Waals surface area (Å²) >= 11 is 3.49. The highest BCUT2D eigenvalue weighted by Gasteiger charge is 2.23. The van der Waals surface area contributed by atoms with Crippen molar-refractivity contribution in [3.8, 4) is 5.75 Å². The fraction of sp³-hybridized carbons (Fsp3) is 0.300. The molecule has 3 rings (SSSR count). The smallest absolute Gasteiger partial charge is 0.227 e. The third kappa shape index (κ3) is 4.25. The summed E-state index contributed by atoms with van der Waals surface area (Å²) in [5.74, 6) is 0.506. The summed E-state index contributed by atoms with van der Waals surface area (Å²) in [6.07, 6.45) is 0.329. The fourth-order valence-electron chi connectivity index (χ4n) is 3.00. The van der Waals surface area contributed by atoms with Gasteiger partial charge in [0.1, 0.15) is 12.4 Å². The van der Waals surface area contributed by atoms with Crippen LogP contribution in [0.5, 0.6) is 5.75 Å². The Balaban J connectivity index is 1.55. The highest BCUT2D eigenvalue weighted by Crippen LogP contribution is 2.31. The summed E-state index contributed by atoms with van der Waals surface area (Å²) in [7, 11) is 0. The molecule has 0 aromatic heterocycles. The first-order valence-electron chi connectivity index (χ1n) is 8.62. The molecule has 0 fully saturated rings. The molecule has 6 heteroatoms. The van der Waals surface area contributed by atoms with Gasteiger partial charge in [0.05, 0.1) is 18.3 Å². The fourth-order valence-corrected chi connectivity index (χ4v) is 3.63. The van der Waals surface area contributed by atoms with Crippen molar-refractivity contribution >= 4 is 33.4 Å². The monoisotopic (exact) mass is 416 g/mol. The third-order valence-corrected chi connectivity index (χ3v) is 5.07. The van der Waals surface area contributed by atoms with Crippen LogP contribution in [0.2, 0.25) is 0 Å². The second-order valence-corrected chi connectivity index (χ2v) is 7.03. The van der Waals surface area contributed by atoms with Crippen LogP contribution in [-0.4, -0.2) is 25.0 Å². The van der Waals surface area contributed by atoms with Crippen LogP contribution >= 0.6 is 15.9 Å². The van der Waals surface area contributed by atoms with E-state index in [0.717, 1.165) is 15.7 Å². The standard InChI is InChI=1S/C20H21BrN2O3/c1-14(15-6-2-3-7-16(15)21)22-19(24)10-11-20(25)23-12-13-26-18-9-5-4-8-17(18)23/h2-9,14H,10-13H2,1H3,(H,22,24). The van der Waals surface area contributed by atoms with Gasteiger partial charge in [-0.1, -0.05) is 46.3 Å². The van der Waals surface area contributed by atoms with Gasteiger partial charge in [-0.2, -0.15) is 0 Å². The normalized spacial score (nSPS) is 14.2. The zero-order valence-electron chi connectivity index (χ0n) is 14.6. The lowest BCUT2D eigenvalue weighted by Gasteiger charge is -2.29. The Morgan fingerprint density at radius 3 is 2.69 bits per heavy atom. The lowest BCUT2D eigenvalue weighted by molar-refractivity contribution is -0.125. The number of carbonyl (C=O) groups is 2. The van der Waals surface area contributed by atoms with E-state index < -0.39 is 0 Å². The Morgan fingerprint density at radius 1 is 1.15 bits per heavy atom. The van der Waals surface area contributed by atoms with Crippen molar-refractivity contribution in [2.24, 2.45) is 0 Å². The average Bonchev–Trinajstić information content (AvgIpc) is 2.66. The van der Waals surface area contributed by atoms with E-state index in [4.69, 9.17) is 4.74 Å². The number of hydrogen-bond donors (Lipinski definition) is 1. The van der Waals surface area contributed by atoms with Crippen LogP contribution in [0.3, 0.4) is 0 Å². The van der Waals surface area contributed by atoms with Gasteiger partial charge in [-0.05, 0) is 30.7 Å². The highest BCUT2D eigenvalue weighted by atomic mass is 79.9. The second-order valence-electron chi connectivity index (χ2n) is 6.17. The molecule has 0 saturated carbocycles. The van der Waals surface area contributed by atoms with Crippen LogP contribution in [0.15, 0.2) is 53.0 Å².